The highest BCUT2D eigenvalue weighted by Crippen LogP contribution is 2.23. The number of hydrazine groups is 1. The summed E-state index contributed by atoms with van der Waals surface area (Å²) in [6, 6.07) is -2.27. The molecule has 3 amide bonds. The molecule has 0 radical (unpaired) electrons. The van der Waals surface area contributed by atoms with Gasteiger partial charge in [0, 0.05) is 19.5 Å². The van der Waals surface area contributed by atoms with Crippen molar-refractivity contribution >= 4 is 50.2 Å². The number of rotatable bonds is 8. The average Bonchev–Trinajstić information content (AvgIpc) is 3.04. The van der Waals surface area contributed by atoms with Crippen molar-refractivity contribution in [2.45, 2.75) is 38.5 Å². The first-order chi connectivity index (χ1) is 14.1. The molecule has 0 aromatic carbocycles. The topological polar surface area (TPSA) is 197 Å². The monoisotopic (exact) mass is 477 g/mol. The fraction of sp³-hybridized carbons (Fsp3) is 0.533. The Hall–Kier alpha value is -2.82. The summed E-state index contributed by atoms with van der Waals surface area (Å²) in [6.07, 6.45) is 0. The van der Waals surface area contributed by atoms with E-state index in [2.05, 4.69) is 20.9 Å². The fourth-order valence-corrected chi connectivity index (χ4v) is 3.88. The molecule has 0 saturated carbocycles. The van der Waals surface area contributed by atoms with Crippen LogP contribution in [-0.2, 0) is 29.5 Å². The summed E-state index contributed by atoms with van der Waals surface area (Å²) in [4.78, 5) is 46.3. The number of aromatic nitrogens is 1. The molecule has 1 aliphatic heterocycles. The summed E-state index contributed by atoms with van der Waals surface area (Å²) < 4.78 is 31.7. The van der Waals surface area contributed by atoms with Crippen molar-refractivity contribution in [3.8, 4) is 0 Å². The second-order valence-electron chi connectivity index (χ2n) is 7.25. The van der Waals surface area contributed by atoms with E-state index in [1.165, 1.54) is 31.2 Å². The largest absolute Gasteiger partial charge is 0.379 e. The number of thiazole rings is 1. The van der Waals surface area contributed by atoms with Gasteiger partial charge in [0.05, 0.1) is 6.04 Å². The Morgan fingerprint density at radius 1 is 1.42 bits per heavy atom. The first-order valence-corrected chi connectivity index (χ1v) is 11.0. The third-order valence-corrected chi connectivity index (χ3v) is 5.77. The molecule has 0 unspecified atom stereocenters. The van der Waals surface area contributed by atoms with E-state index in [0.717, 1.165) is 11.3 Å². The van der Waals surface area contributed by atoms with Gasteiger partial charge in [-0.3, -0.25) is 24.4 Å². The quantitative estimate of drug-likeness (QED) is 0.145. The van der Waals surface area contributed by atoms with Gasteiger partial charge in [0.2, 0.25) is 5.60 Å². The molecule has 1 aromatic heterocycles. The minimum Gasteiger partial charge on any atom is -0.379 e. The molecule has 2 atom stereocenters. The molecule has 172 valence electrons. The number of nitrogen functional groups attached to an aromatic ring is 1. The zero-order valence-electron chi connectivity index (χ0n) is 17.3. The van der Waals surface area contributed by atoms with Gasteiger partial charge < -0.3 is 15.9 Å². The number of anilines is 1. The summed E-state index contributed by atoms with van der Waals surface area (Å²) in [5.74, 6) is -2.49. The van der Waals surface area contributed by atoms with E-state index in [9.17, 15) is 22.8 Å². The summed E-state index contributed by atoms with van der Waals surface area (Å²) in [6.45, 7) is 4.16. The summed E-state index contributed by atoms with van der Waals surface area (Å²) >= 11 is 1.02. The van der Waals surface area contributed by atoms with Crippen LogP contribution >= 0.6 is 11.3 Å². The van der Waals surface area contributed by atoms with Crippen LogP contribution < -0.4 is 16.5 Å². The number of amides is 3. The van der Waals surface area contributed by atoms with Crippen molar-refractivity contribution in [2.24, 2.45) is 5.16 Å². The van der Waals surface area contributed by atoms with Crippen molar-refractivity contribution in [1.29, 1.82) is 0 Å². The highest BCUT2D eigenvalue weighted by Gasteiger charge is 2.51. The van der Waals surface area contributed by atoms with Crippen LogP contribution in [0.25, 0.3) is 0 Å². The Bertz CT molecular complexity index is 1020. The molecule has 1 fully saturated rings. The predicted octanol–water partition coefficient (Wildman–Crippen LogP) is -1.66. The van der Waals surface area contributed by atoms with E-state index >= 15 is 0 Å². The Morgan fingerprint density at radius 2 is 2.03 bits per heavy atom. The molecule has 0 bridgehead atoms. The molecule has 5 N–H and O–H groups in total. The SMILES string of the molecule is C[C@H]1[C@H](NC(=O)C(=NOC(C)(C)C(=O)NN(C)C)c2csc(N)n2)C(=O)N1S(=O)(=O)O. The minimum atomic E-state index is -4.75. The van der Waals surface area contributed by atoms with Gasteiger partial charge in [-0.15, -0.1) is 11.3 Å². The van der Waals surface area contributed by atoms with Crippen LogP contribution in [0.1, 0.15) is 26.5 Å². The minimum absolute atomic E-state index is 0.0230. The predicted molar refractivity (Wildman–Crippen MR) is 110 cm³/mol. The van der Waals surface area contributed by atoms with Gasteiger partial charge in [-0.05, 0) is 20.8 Å². The first-order valence-electron chi connectivity index (χ1n) is 8.72. The van der Waals surface area contributed by atoms with Crippen LogP contribution in [0.2, 0.25) is 0 Å². The lowest BCUT2D eigenvalue weighted by Crippen LogP contribution is -2.71. The zero-order valence-corrected chi connectivity index (χ0v) is 18.9. The lowest BCUT2D eigenvalue weighted by atomic mass is 10.0. The van der Waals surface area contributed by atoms with Gasteiger partial charge in [-0.2, -0.15) is 8.42 Å². The Labute approximate surface area is 182 Å². The Balaban J connectivity index is 2.25. The summed E-state index contributed by atoms with van der Waals surface area (Å²) in [5.41, 5.74) is 6.25. The van der Waals surface area contributed by atoms with Crippen LogP contribution in [-0.4, -0.2) is 82.5 Å². The molecule has 0 spiro atoms. The maximum absolute atomic E-state index is 12.8. The van der Waals surface area contributed by atoms with Gasteiger partial charge in [0.25, 0.3) is 17.7 Å². The molecule has 31 heavy (non-hydrogen) atoms. The molecule has 1 aromatic rings. The maximum atomic E-state index is 12.8. The zero-order chi connectivity index (χ0) is 23.7. The molecular weight excluding hydrogens is 454 g/mol. The number of nitrogens with two attached hydrogens (primary N) is 1. The van der Waals surface area contributed by atoms with Crippen LogP contribution in [0.5, 0.6) is 0 Å². The standard InChI is InChI=1S/C15H23N7O7S2/c1-7-9(12(24)22(7)31(26,27)28)18-11(23)10(8-6-30-14(16)17-8)20-29-15(2,3)13(25)19-21(4)5/h6-7,9H,1-5H3,(H2,16,17)(H,18,23)(H,19,25)(H,26,27,28)/t7-,9-/m0/s1. The van der Waals surface area contributed by atoms with Gasteiger partial charge in [0.15, 0.2) is 10.8 Å². The number of carbonyl (C=O) groups excluding carboxylic acids is 3. The number of hydrogen-bond donors (Lipinski definition) is 4. The molecule has 16 heteroatoms. The molecule has 1 saturated heterocycles. The van der Waals surface area contributed by atoms with Crippen molar-refractivity contribution in [3.63, 3.8) is 0 Å². The number of carbonyl (C=O) groups is 3. The van der Waals surface area contributed by atoms with Crippen molar-refractivity contribution in [2.75, 3.05) is 19.8 Å². The van der Waals surface area contributed by atoms with Crippen LogP contribution in [0.4, 0.5) is 5.13 Å². The number of oxime groups is 1. The van der Waals surface area contributed by atoms with Gasteiger partial charge in [0.1, 0.15) is 11.7 Å². The van der Waals surface area contributed by atoms with Crippen LogP contribution in [0.15, 0.2) is 10.5 Å². The lowest BCUT2D eigenvalue weighted by molar-refractivity contribution is -0.147. The van der Waals surface area contributed by atoms with Gasteiger partial charge >= 0.3 is 10.3 Å². The van der Waals surface area contributed by atoms with E-state index in [1.807, 2.05) is 0 Å². The fourth-order valence-electron chi connectivity index (χ4n) is 2.45. The number of nitrogens with zero attached hydrogens (tertiary/aromatic N) is 4. The number of β-lactam (4-membered cyclic amide) rings is 1. The maximum Gasteiger partial charge on any atom is 0.362 e. The van der Waals surface area contributed by atoms with Crippen molar-refractivity contribution in [3.05, 3.63) is 11.1 Å². The van der Waals surface area contributed by atoms with E-state index < -0.39 is 45.7 Å². The Morgan fingerprint density at radius 3 is 2.48 bits per heavy atom. The van der Waals surface area contributed by atoms with Crippen LogP contribution in [0, 0.1) is 0 Å². The van der Waals surface area contributed by atoms with Gasteiger partial charge in [-0.25, -0.2) is 14.3 Å². The summed E-state index contributed by atoms with van der Waals surface area (Å²) in [5, 5.41) is 9.03. The summed E-state index contributed by atoms with van der Waals surface area (Å²) in [7, 11) is -1.55. The molecule has 1 aliphatic rings. The molecule has 2 rings (SSSR count). The molecular formula is C15H23N7O7S2. The second kappa shape index (κ2) is 8.74. The highest BCUT2D eigenvalue weighted by molar-refractivity contribution is 7.84. The second-order valence-corrected chi connectivity index (χ2v) is 9.43. The molecule has 14 nitrogen and oxygen atoms in total. The first kappa shape index (κ1) is 24.4. The van der Waals surface area contributed by atoms with E-state index in [-0.39, 0.29) is 20.8 Å². The van der Waals surface area contributed by atoms with Crippen molar-refractivity contribution in [1.82, 2.24) is 25.0 Å². The number of hydrogen-bond acceptors (Lipinski definition) is 11. The lowest BCUT2D eigenvalue weighted by Gasteiger charge is -2.42. The molecule has 0 aliphatic carbocycles. The third-order valence-electron chi connectivity index (χ3n) is 4.09. The Kier molecular flexibility index (Phi) is 6.89. The molecule has 2 heterocycles. The number of nitrogens with one attached hydrogen (secondary N) is 2. The van der Waals surface area contributed by atoms with Gasteiger partial charge in [-0.1, -0.05) is 5.16 Å². The van der Waals surface area contributed by atoms with Crippen molar-refractivity contribution < 1.29 is 32.2 Å². The van der Waals surface area contributed by atoms with E-state index in [1.54, 1.807) is 14.1 Å². The average molecular weight is 478 g/mol. The third kappa shape index (κ3) is 5.46. The van der Waals surface area contributed by atoms with E-state index in [0.29, 0.717) is 0 Å². The highest BCUT2D eigenvalue weighted by atomic mass is 32.2. The van der Waals surface area contributed by atoms with E-state index in [4.69, 9.17) is 15.1 Å². The normalized spacial score (nSPS) is 19.8. The van der Waals surface area contributed by atoms with Crippen LogP contribution in [0.3, 0.4) is 0 Å². The smallest absolute Gasteiger partial charge is 0.362 e.